The van der Waals surface area contributed by atoms with Gasteiger partial charge in [0, 0.05) is 28.7 Å². The lowest BCUT2D eigenvalue weighted by Crippen LogP contribution is -2.16. The summed E-state index contributed by atoms with van der Waals surface area (Å²) in [5.41, 5.74) is 1.30. The third kappa shape index (κ3) is 1.60. The summed E-state index contributed by atoms with van der Waals surface area (Å²) in [6.45, 7) is 1.19. The van der Waals surface area contributed by atoms with Crippen molar-refractivity contribution in [3.05, 3.63) is 35.5 Å². The van der Waals surface area contributed by atoms with Gasteiger partial charge in [0.25, 0.3) is 0 Å². The van der Waals surface area contributed by atoms with E-state index in [0.29, 0.717) is 0 Å². The van der Waals surface area contributed by atoms with Crippen molar-refractivity contribution in [2.45, 2.75) is 32.2 Å². The standard InChI is InChI=1S/C16H18ClN/c17-15-2-1-3-16-14(15)6-7-18(16)10-13-9-11-4-5-12(13)8-11/h1-3,6-7,11-13H,4-5,8-10H2. The molecule has 2 aliphatic rings. The molecule has 1 heterocycles. The lowest BCUT2D eigenvalue weighted by atomic mass is 9.89. The third-order valence-electron chi connectivity index (χ3n) is 5.08. The van der Waals surface area contributed by atoms with Crippen LogP contribution in [0.3, 0.4) is 0 Å². The Labute approximate surface area is 113 Å². The summed E-state index contributed by atoms with van der Waals surface area (Å²) >= 11 is 6.24. The van der Waals surface area contributed by atoms with Gasteiger partial charge in [0.15, 0.2) is 0 Å². The molecule has 2 aliphatic carbocycles. The van der Waals surface area contributed by atoms with Crippen LogP contribution in [-0.2, 0) is 6.54 Å². The quantitative estimate of drug-likeness (QED) is 0.735. The first-order valence-electron chi connectivity index (χ1n) is 7.04. The van der Waals surface area contributed by atoms with Crippen LogP contribution in [-0.4, -0.2) is 4.57 Å². The third-order valence-corrected chi connectivity index (χ3v) is 5.41. The van der Waals surface area contributed by atoms with Gasteiger partial charge < -0.3 is 4.57 Å². The van der Waals surface area contributed by atoms with E-state index in [1.807, 2.05) is 6.07 Å². The Kier molecular flexibility index (Phi) is 2.44. The maximum Gasteiger partial charge on any atom is 0.0499 e. The second-order valence-electron chi connectivity index (χ2n) is 6.08. The first-order chi connectivity index (χ1) is 8.81. The van der Waals surface area contributed by atoms with Crippen molar-refractivity contribution in [2.24, 2.45) is 17.8 Å². The molecule has 94 valence electrons. The highest BCUT2D eigenvalue weighted by Crippen LogP contribution is 2.49. The van der Waals surface area contributed by atoms with Crippen LogP contribution >= 0.6 is 11.6 Å². The van der Waals surface area contributed by atoms with Crippen LogP contribution in [0.25, 0.3) is 10.9 Å². The van der Waals surface area contributed by atoms with Crippen molar-refractivity contribution in [1.29, 1.82) is 0 Å². The molecule has 1 aromatic carbocycles. The van der Waals surface area contributed by atoms with Gasteiger partial charge in [0.2, 0.25) is 0 Å². The molecular formula is C16H18ClN. The molecule has 0 spiro atoms. The zero-order valence-electron chi connectivity index (χ0n) is 10.5. The highest BCUT2D eigenvalue weighted by Gasteiger charge is 2.39. The number of hydrogen-bond acceptors (Lipinski definition) is 0. The molecule has 0 N–H and O–H groups in total. The minimum atomic E-state index is 0.874. The van der Waals surface area contributed by atoms with Gasteiger partial charge in [-0.05, 0) is 55.2 Å². The van der Waals surface area contributed by atoms with Crippen molar-refractivity contribution in [3.8, 4) is 0 Å². The van der Waals surface area contributed by atoms with E-state index >= 15 is 0 Å². The van der Waals surface area contributed by atoms with Crippen LogP contribution < -0.4 is 0 Å². The maximum atomic E-state index is 6.24. The van der Waals surface area contributed by atoms with Crippen LogP contribution in [0.15, 0.2) is 30.5 Å². The van der Waals surface area contributed by atoms with Crippen molar-refractivity contribution in [2.75, 3.05) is 0 Å². The summed E-state index contributed by atoms with van der Waals surface area (Å²) < 4.78 is 2.41. The fourth-order valence-electron chi connectivity index (χ4n) is 4.20. The van der Waals surface area contributed by atoms with E-state index in [1.165, 1.54) is 43.1 Å². The molecule has 2 fully saturated rings. The SMILES string of the molecule is Clc1cccc2c1ccn2CC1CC2CCC1C2. The summed E-state index contributed by atoms with van der Waals surface area (Å²) in [5, 5.41) is 2.07. The topological polar surface area (TPSA) is 4.93 Å². The Hall–Kier alpha value is -0.950. The fraction of sp³-hybridized carbons (Fsp3) is 0.500. The molecule has 1 aromatic heterocycles. The molecule has 18 heavy (non-hydrogen) atoms. The first kappa shape index (κ1) is 10.9. The fourth-order valence-corrected chi connectivity index (χ4v) is 4.43. The van der Waals surface area contributed by atoms with Gasteiger partial charge in [-0.1, -0.05) is 24.1 Å². The van der Waals surface area contributed by atoms with Gasteiger partial charge in [-0.15, -0.1) is 0 Å². The molecule has 3 unspecified atom stereocenters. The average molecular weight is 260 g/mol. The highest BCUT2D eigenvalue weighted by atomic mass is 35.5. The van der Waals surface area contributed by atoms with Crippen molar-refractivity contribution in [3.63, 3.8) is 0 Å². The molecule has 2 saturated carbocycles. The van der Waals surface area contributed by atoms with E-state index in [9.17, 15) is 0 Å². The number of halogens is 1. The molecule has 2 heteroatoms. The summed E-state index contributed by atoms with van der Waals surface area (Å²) in [7, 11) is 0. The predicted octanol–water partition coefficient (Wildman–Crippen LogP) is 4.73. The highest BCUT2D eigenvalue weighted by molar-refractivity contribution is 6.35. The van der Waals surface area contributed by atoms with E-state index in [0.717, 1.165) is 22.8 Å². The molecule has 3 atom stereocenters. The van der Waals surface area contributed by atoms with Gasteiger partial charge >= 0.3 is 0 Å². The van der Waals surface area contributed by atoms with Gasteiger partial charge in [-0.25, -0.2) is 0 Å². The van der Waals surface area contributed by atoms with Crippen LogP contribution in [0.2, 0.25) is 5.02 Å². The van der Waals surface area contributed by atoms with E-state index < -0.39 is 0 Å². The van der Waals surface area contributed by atoms with E-state index in [-0.39, 0.29) is 0 Å². The Morgan fingerprint density at radius 2 is 2.11 bits per heavy atom. The molecule has 4 rings (SSSR count). The number of rotatable bonds is 2. The number of fused-ring (bicyclic) bond motifs is 3. The molecule has 2 aromatic rings. The lowest BCUT2D eigenvalue weighted by molar-refractivity contribution is 0.299. The van der Waals surface area contributed by atoms with Crippen LogP contribution in [0.5, 0.6) is 0 Å². The molecule has 0 radical (unpaired) electrons. The average Bonchev–Trinajstić information content (AvgIpc) is 3.05. The lowest BCUT2D eigenvalue weighted by Gasteiger charge is -2.22. The second-order valence-corrected chi connectivity index (χ2v) is 6.48. The van der Waals surface area contributed by atoms with Gasteiger partial charge in [-0.2, -0.15) is 0 Å². The molecule has 1 nitrogen and oxygen atoms in total. The summed E-state index contributed by atoms with van der Waals surface area (Å²) in [6, 6.07) is 8.38. The maximum absolute atomic E-state index is 6.24. The van der Waals surface area contributed by atoms with Crippen LogP contribution in [0, 0.1) is 17.8 Å². The second kappa shape index (κ2) is 4.03. The van der Waals surface area contributed by atoms with Crippen LogP contribution in [0.1, 0.15) is 25.7 Å². The number of hydrogen-bond donors (Lipinski definition) is 0. The van der Waals surface area contributed by atoms with Crippen molar-refractivity contribution < 1.29 is 0 Å². The van der Waals surface area contributed by atoms with Gasteiger partial charge in [-0.3, -0.25) is 0 Å². The monoisotopic (exact) mass is 259 g/mol. The summed E-state index contributed by atoms with van der Waals surface area (Å²) in [5.74, 6) is 2.93. The largest absolute Gasteiger partial charge is 0.347 e. The normalized spacial score (nSPS) is 30.4. The van der Waals surface area contributed by atoms with Crippen LogP contribution in [0.4, 0.5) is 0 Å². The number of aromatic nitrogens is 1. The minimum absolute atomic E-state index is 0.874. The first-order valence-corrected chi connectivity index (χ1v) is 7.42. The molecule has 2 bridgehead atoms. The number of benzene rings is 1. The Morgan fingerprint density at radius 1 is 1.17 bits per heavy atom. The Morgan fingerprint density at radius 3 is 2.89 bits per heavy atom. The smallest absolute Gasteiger partial charge is 0.0499 e. The van der Waals surface area contributed by atoms with Crippen molar-refractivity contribution in [1.82, 2.24) is 4.57 Å². The molecule has 0 saturated heterocycles. The molecule has 0 aliphatic heterocycles. The number of nitrogens with zero attached hydrogens (tertiary/aromatic N) is 1. The Balaban J connectivity index is 1.65. The minimum Gasteiger partial charge on any atom is -0.347 e. The van der Waals surface area contributed by atoms with E-state index in [2.05, 4.69) is 29.0 Å². The van der Waals surface area contributed by atoms with Crippen molar-refractivity contribution >= 4 is 22.5 Å². The van der Waals surface area contributed by atoms with Gasteiger partial charge in [0.1, 0.15) is 0 Å². The predicted molar refractivity (Wildman–Crippen MR) is 75.9 cm³/mol. The van der Waals surface area contributed by atoms with Gasteiger partial charge in [0.05, 0.1) is 0 Å². The molecule has 0 amide bonds. The summed E-state index contributed by atoms with van der Waals surface area (Å²) in [4.78, 5) is 0. The zero-order chi connectivity index (χ0) is 12.1. The summed E-state index contributed by atoms with van der Waals surface area (Å²) in [6.07, 6.45) is 8.10. The molecular weight excluding hydrogens is 242 g/mol. The van der Waals surface area contributed by atoms with E-state index in [1.54, 1.807) is 0 Å². The zero-order valence-corrected chi connectivity index (χ0v) is 11.2. The Bertz CT molecular complexity index is 586. The van der Waals surface area contributed by atoms with E-state index in [4.69, 9.17) is 11.6 Å².